The Hall–Kier alpha value is -0.950. The van der Waals surface area contributed by atoms with Crippen LogP contribution in [0.3, 0.4) is 0 Å². The fourth-order valence-corrected chi connectivity index (χ4v) is 1.79. The van der Waals surface area contributed by atoms with Crippen molar-refractivity contribution in [1.82, 2.24) is 9.78 Å². The highest BCUT2D eigenvalue weighted by molar-refractivity contribution is 14.1. The van der Waals surface area contributed by atoms with Crippen LogP contribution in [0.4, 0.5) is 4.39 Å². The molecule has 0 radical (unpaired) electrons. The molecule has 2 rings (SSSR count). The first-order chi connectivity index (χ1) is 7.22. The molecule has 0 fully saturated rings. The van der Waals surface area contributed by atoms with Gasteiger partial charge in [-0.15, -0.1) is 0 Å². The number of aromatic nitrogens is 2. The van der Waals surface area contributed by atoms with Gasteiger partial charge in [0.25, 0.3) is 0 Å². The number of halogens is 2. The van der Waals surface area contributed by atoms with E-state index in [9.17, 15) is 4.39 Å². The SMILES string of the molecule is NCc1cccc(F)c1-n1cc(I)cn1. The molecule has 1 aromatic heterocycles. The maximum absolute atomic E-state index is 13.6. The van der Waals surface area contributed by atoms with Crippen molar-refractivity contribution in [3.05, 3.63) is 45.5 Å². The van der Waals surface area contributed by atoms with Gasteiger partial charge in [-0.2, -0.15) is 5.10 Å². The normalized spacial score (nSPS) is 10.6. The molecule has 2 N–H and O–H groups in total. The predicted molar refractivity (Wildman–Crippen MR) is 64.1 cm³/mol. The Morgan fingerprint density at radius 1 is 1.47 bits per heavy atom. The lowest BCUT2D eigenvalue weighted by atomic mass is 10.1. The first kappa shape index (κ1) is 10.6. The molecule has 0 spiro atoms. The van der Waals surface area contributed by atoms with Gasteiger partial charge in [0, 0.05) is 12.7 Å². The minimum absolute atomic E-state index is 0.295. The zero-order chi connectivity index (χ0) is 10.8. The summed E-state index contributed by atoms with van der Waals surface area (Å²) in [5.74, 6) is -0.308. The lowest BCUT2D eigenvalue weighted by molar-refractivity contribution is 0.607. The highest BCUT2D eigenvalue weighted by atomic mass is 127. The minimum Gasteiger partial charge on any atom is -0.326 e. The van der Waals surface area contributed by atoms with Crippen molar-refractivity contribution in [3.8, 4) is 5.69 Å². The van der Waals surface area contributed by atoms with E-state index >= 15 is 0 Å². The molecule has 1 heterocycles. The summed E-state index contributed by atoms with van der Waals surface area (Å²) >= 11 is 2.13. The van der Waals surface area contributed by atoms with Gasteiger partial charge in [-0.3, -0.25) is 0 Å². The van der Waals surface area contributed by atoms with Crippen LogP contribution in [-0.2, 0) is 6.54 Å². The van der Waals surface area contributed by atoms with Crippen LogP contribution in [0.5, 0.6) is 0 Å². The number of nitrogens with two attached hydrogens (primary N) is 1. The molecular weight excluding hydrogens is 308 g/mol. The lowest BCUT2D eigenvalue weighted by Gasteiger charge is -2.08. The van der Waals surface area contributed by atoms with Crippen molar-refractivity contribution in [2.24, 2.45) is 5.73 Å². The Morgan fingerprint density at radius 3 is 2.87 bits per heavy atom. The summed E-state index contributed by atoms with van der Waals surface area (Å²) in [7, 11) is 0. The van der Waals surface area contributed by atoms with Crippen LogP contribution >= 0.6 is 22.6 Å². The van der Waals surface area contributed by atoms with E-state index in [1.54, 1.807) is 24.5 Å². The second kappa shape index (κ2) is 4.28. The van der Waals surface area contributed by atoms with Crippen molar-refractivity contribution in [1.29, 1.82) is 0 Å². The summed E-state index contributed by atoms with van der Waals surface area (Å²) in [5, 5.41) is 4.07. The molecule has 0 saturated heterocycles. The quantitative estimate of drug-likeness (QED) is 0.862. The van der Waals surface area contributed by atoms with Crippen LogP contribution in [0.25, 0.3) is 5.69 Å². The number of para-hydroxylation sites is 1. The summed E-state index contributed by atoms with van der Waals surface area (Å²) in [5.41, 5.74) is 6.73. The zero-order valence-corrected chi connectivity index (χ0v) is 9.98. The first-order valence-corrected chi connectivity index (χ1v) is 5.48. The molecule has 0 amide bonds. The minimum atomic E-state index is -0.308. The van der Waals surface area contributed by atoms with Crippen LogP contribution in [-0.4, -0.2) is 9.78 Å². The van der Waals surface area contributed by atoms with Gasteiger partial charge in [-0.05, 0) is 34.2 Å². The Labute approximate surface area is 100 Å². The monoisotopic (exact) mass is 317 g/mol. The maximum Gasteiger partial charge on any atom is 0.149 e. The molecule has 0 bridgehead atoms. The molecular formula is C10H9FIN3. The van der Waals surface area contributed by atoms with E-state index in [4.69, 9.17) is 5.73 Å². The summed E-state index contributed by atoms with van der Waals surface area (Å²) in [6.45, 7) is 0.295. The topological polar surface area (TPSA) is 43.8 Å². The van der Waals surface area contributed by atoms with Crippen LogP contribution in [0.1, 0.15) is 5.56 Å². The fourth-order valence-electron chi connectivity index (χ4n) is 1.40. The molecule has 0 unspecified atom stereocenters. The van der Waals surface area contributed by atoms with Gasteiger partial charge in [-0.1, -0.05) is 12.1 Å². The number of hydrogen-bond donors (Lipinski definition) is 1. The Morgan fingerprint density at radius 2 is 2.27 bits per heavy atom. The molecule has 0 aliphatic heterocycles. The van der Waals surface area contributed by atoms with Crippen LogP contribution in [0.15, 0.2) is 30.6 Å². The zero-order valence-electron chi connectivity index (χ0n) is 7.82. The van der Waals surface area contributed by atoms with Gasteiger partial charge in [-0.25, -0.2) is 9.07 Å². The molecule has 5 heteroatoms. The third kappa shape index (κ3) is 2.03. The highest BCUT2D eigenvalue weighted by Crippen LogP contribution is 2.18. The summed E-state index contributed by atoms with van der Waals surface area (Å²) < 4.78 is 16.1. The van der Waals surface area contributed by atoms with E-state index in [1.165, 1.54) is 10.7 Å². The Balaban J connectivity index is 2.60. The van der Waals surface area contributed by atoms with Gasteiger partial charge >= 0.3 is 0 Å². The number of benzene rings is 1. The lowest BCUT2D eigenvalue weighted by Crippen LogP contribution is -2.07. The first-order valence-electron chi connectivity index (χ1n) is 4.40. The van der Waals surface area contributed by atoms with E-state index in [0.29, 0.717) is 12.2 Å². The standard InChI is InChI=1S/C10H9FIN3/c11-9-3-1-2-7(4-13)10(9)15-6-8(12)5-14-15/h1-3,5-6H,4,13H2. The van der Waals surface area contributed by atoms with Crippen molar-refractivity contribution in [2.75, 3.05) is 0 Å². The van der Waals surface area contributed by atoms with Crippen molar-refractivity contribution >= 4 is 22.6 Å². The summed E-state index contributed by atoms with van der Waals surface area (Å²) in [4.78, 5) is 0. The predicted octanol–water partition coefficient (Wildman–Crippen LogP) is 2.07. The molecule has 15 heavy (non-hydrogen) atoms. The van der Waals surface area contributed by atoms with Gasteiger partial charge in [0.1, 0.15) is 11.5 Å². The molecule has 0 aliphatic carbocycles. The number of rotatable bonds is 2. The van der Waals surface area contributed by atoms with Crippen molar-refractivity contribution < 1.29 is 4.39 Å². The van der Waals surface area contributed by atoms with Gasteiger partial charge in [0.2, 0.25) is 0 Å². The van der Waals surface area contributed by atoms with E-state index in [0.717, 1.165) is 9.13 Å². The van der Waals surface area contributed by atoms with Gasteiger partial charge < -0.3 is 5.73 Å². The molecule has 0 saturated carbocycles. The van der Waals surface area contributed by atoms with Crippen molar-refractivity contribution in [2.45, 2.75) is 6.54 Å². The molecule has 78 valence electrons. The van der Waals surface area contributed by atoms with Crippen LogP contribution in [0, 0.1) is 9.39 Å². The van der Waals surface area contributed by atoms with E-state index in [1.807, 2.05) is 0 Å². The molecule has 2 aromatic rings. The van der Waals surface area contributed by atoms with Crippen LogP contribution < -0.4 is 5.73 Å². The number of hydrogen-bond acceptors (Lipinski definition) is 2. The average Bonchev–Trinajstić information content (AvgIpc) is 2.64. The summed E-state index contributed by atoms with van der Waals surface area (Å²) in [6, 6.07) is 4.85. The number of nitrogens with zero attached hydrogens (tertiary/aromatic N) is 2. The third-order valence-electron chi connectivity index (χ3n) is 2.07. The Kier molecular flexibility index (Phi) is 3.01. The second-order valence-corrected chi connectivity index (χ2v) is 4.30. The van der Waals surface area contributed by atoms with E-state index < -0.39 is 0 Å². The smallest absolute Gasteiger partial charge is 0.149 e. The summed E-state index contributed by atoms with van der Waals surface area (Å²) in [6.07, 6.45) is 3.44. The molecule has 0 aliphatic rings. The molecule has 1 aromatic carbocycles. The van der Waals surface area contributed by atoms with Gasteiger partial charge in [0.05, 0.1) is 9.77 Å². The van der Waals surface area contributed by atoms with E-state index in [2.05, 4.69) is 27.7 Å². The third-order valence-corrected chi connectivity index (χ3v) is 2.63. The molecule has 0 atom stereocenters. The average molecular weight is 317 g/mol. The van der Waals surface area contributed by atoms with Crippen LogP contribution in [0.2, 0.25) is 0 Å². The maximum atomic E-state index is 13.6. The van der Waals surface area contributed by atoms with Gasteiger partial charge in [0.15, 0.2) is 0 Å². The largest absolute Gasteiger partial charge is 0.326 e. The fraction of sp³-hybridized carbons (Fsp3) is 0.100. The van der Waals surface area contributed by atoms with Crippen molar-refractivity contribution in [3.63, 3.8) is 0 Å². The highest BCUT2D eigenvalue weighted by Gasteiger charge is 2.10. The Bertz CT molecular complexity index is 481. The molecule has 3 nitrogen and oxygen atoms in total. The van der Waals surface area contributed by atoms with E-state index in [-0.39, 0.29) is 5.82 Å². The second-order valence-electron chi connectivity index (χ2n) is 3.05.